The third kappa shape index (κ3) is 3.97. The molecule has 0 radical (unpaired) electrons. The van der Waals surface area contributed by atoms with Crippen molar-refractivity contribution in [2.24, 2.45) is 0 Å². The summed E-state index contributed by atoms with van der Waals surface area (Å²) in [5.74, 6) is -0.302. The number of rotatable bonds is 6. The third-order valence-corrected chi connectivity index (χ3v) is 2.96. The summed E-state index contributed by atoms with van der Waals surface area (Å²) in [6, 6.07) is 5.56. The van der Waals surface area contributed by atoms with Crippen LogP contribution in [0.15, 0.2) is 18.2 Å². The van der Waals surface area contributed by atoms with Crippen molar-refractivity contribution >= 4 is 28.2 Å². The van der Waals surface area contributed by atoms with Gasteiger partial charge in [-0.15, -0.1) is 0 Å². The number of esters is 1. The van der Waals surface area contributed by atoms with Gasteiger partial charge in [0.05, 0.1) is 12.2 Å². The Morgan fingerprint density at radius 3 is 2.82 bits per heavy atom. The molecular formula is C13H15BrO3. The molecule has 3 nitrogen and oxygen atoms in total. The standard InChI is InChI=1S/C13H15BrO3/c1-2-17-13(16)12-6-5-10(4-3-7-15)8-11(12)9-14/h5-8H,2-4,9H2,1H3. The van der Waals surface area contributed by atoms with E-state index in [4.69, 9.17) is 4.74 Å². The van der Waals surface area contributed by atoms with Gasteiger partial charge in [0.15, 0.2) is 0 Å². The SMILES string of the molecule is CCOC(=O)c1ccc(CCC=O)cc1CBr. The highest BCUT2D eigenvalue weighted by Gasteiger charge is 2.12. The van der Waals surface area contributed by atoms with Gasteiger partial charge in [-0.2, -0.15) is 0 Å². The highest BCUT2D eigenvalue weighted by Crippen LogP contribution is 2.17. The van der Waals surface area contributed by atoms with Crippen LogP contribution in [0, 0.1) is 0 Å². The summed E-state index contributed by atoms with van der Waals surface area (Å²) in [6.45, 7) is 2.15. The van der Waals surface area contributed by atoms with Crippen LogP contribution in [0.3, 0.4) is 0 Å². The van der Waals surface area contributed by atoms with E-state index in [-0.39, 0.29) is 5.97 Å². The molecule has 0 N–H and O–H groups in total. The van der Waals surface area contributed by atoms with Crippen LogP contribution < -0.4 is 0 Å². The van der Waals surface area contributed by atoms with Crippen LogP contribution in [0.2, 0.25) is 0 Å². The van der Waals surface area contributed by atoms with Crippen molar-refractivity contribution in [1.82, 2.24) is 0 Å². The summed E-state index contributed by atoms with van der Waals surface area (Å²) < 4.78 is 4.98. The number of halogens is 1. The fourth-order valence-electron chi connectivity index (χ4n) is 1.55. The Labute approximate surface area is 109 Å². The molecule has 1 aromatic carbocycles. The average molecular weight is 299 g/mol. The van der Waals surface area contributed by atoms with Crippen molar-refractivity contribution in [1.29, 1.82) is 0 Å². The van der Waals surface area contributed by atoms with Crippen molar-refractivity contribution in [3.05, 3.63) is 34.9 Å². The van der Waals surface area contributed by atoms with E-state index >= 15 is 0 Å². The molecule has 0 aliphatic carbocycles. The zero-order valence-corrected chi connectivity index (χ0v) is 11.3. The first-order chi connectivity index (χ1) is 8.22. The summed E-state index contributed by atoms with van der Waals surface area (Å²) in [5.41, 5.74) is 2.53. The van der Waals surface area contributed by atoms with Crippen LogP contribution in [0.5, 0.6) is 0 Å². The van der Waals surface area contributed by atoms with Crippen molar-refractivity contribution in [3.8, 4) is 0 Å². The fourth-order valence-corrected chi connectivity index (χ4v) is 2.01. The Morgan fingerprint density at radius 2 is 2.24 bits per heavy atom. The molecule has 0 spiro atoms. The molecule has 4 heteroatoms. The topological polar surface area (TPSA) is 43.4 Å². The lowest BCUT2D eigenvalue weighted by Crippen LogP contribution is -2.08. The van der Waals surface area contributed by atoms with Gasteiger partial charge in [0.25, 0.3) is 0 Å². The van der Waals surface area contributed by atoms with Gasteiger partial charge in [0.2, 0.25) is 0 Å². The molecule has 92 valence electrons. The molecule has 0 atom stereocenters. The number of aryl methyl sites for hydroxylation is 1. The Hall–Kier alpha value is -1.16. The van der Waals surface area contributed by atoms with E-state index in [1.807, 2.05) is 12.1 Å². The molecule has 0 bridgehead atoms. The quantitative estimate of drug-likeness (QED) is 0.461. The maximum absolute atomic E-state index is 11.7. The summed E-state index contributed by atoms with van der Waals surface area (Å²) in [7, 11) is 0. The molecule has 1 rings (SSSR count). The first-order valence-electron chi connectivity index (χ1n) is 5.51. The number of alkyl halides is 1. The number of aldehydes is 1. The second kappa shape index (κ2) is 7.22. The van der Waals surface area contributed by atoms with E-state index in [0.717, 1.165) is 17.4 Å². The third-order valence-electron chi connectivity index (χ3n) is 2.36. The lowest BCUT2D eigenvalue weighted by Gasteiger charge is -2.08. The molecular weight excluding hydrogens is 284 g/mol. The number of hydrogen-bond donors (Lipinski definition) is 0. The van der Waals surface area contributed by atoms with E-state index in [1.165, 1.54) is 0 Å². The van der Waals surface area contributed by atoms with Crippen molar-refractivity contribution < 1.29 is 14.3 Å². The Kier molecular flexibility index (Phi) is 5.91. The predicted octanol–water partition coefficient (Wildman–Crippen LogP) is 2.89. The summed E-state index contributed by atoms with van der Waals surface area (Å²) in [4.78, 5) is 22.0. The molecule has 0 aromatic heterocycles. The summed E-state index contributed by atoms with van der Waals surface area (Å²) in [5, 5.41) is 0.593. The first kappa shape index (κ1) is 13.9. The highest BCUT2D eigenvalue weighted by atomic mass is 79.9. The molecule has 0 amide bonds. The van der Waals surface area contributed by atoms with Crippen LogP contribution in [0.25, 0.3) is 0 Å². The van der Waals surface area contributed by atoms with E-state index in [0.29, 0.717) is 30.3 Å². The van der Waals surface area contributed by atoms with Gasteiger partial charge >= 0.3 is 5.97 Å². The molecule has 0 aliphatic heterocycles. The summed E-state index contributed by atoms with van der Waals surface area (Å²) >= 11 is 3.35. The number of ether oxygens (including phenoxy) is 1. The monoisotopic (exact) mass is 298 g/mol. The normalized spacial score (nSPS) is 10.0. The van der Waals surface area contributed by atoms with Gasteiger partial charge in [-0.25, -0.2) is 4.79 Å². The van der Waals surface area contributed by atoms with Gasteiger partial charge in [-0.3, -0.25) is 0 Å². The molecule has 0 heterocycles. The molecule has 0 saturated heterocycles. The molecule has 0 saturated carbocycles. The van der Waals surface area contributed by atoms with E-state index in [1.54, 1.807) is 13.0 Å². The average Bonchev–Trinajstić information content (AvgIpc) is 2.36. The smallest absolute Gasteiger partial charge is 0.338 e. The fraction of sp³-hybridized carbons (Fsp3) is 0.385. The highest BCUT2D eigenvalue weighted by molar-refractivity contribution is 9.08. The Bertz CT molecular complexity index is 402. The van der Waals surface area contributed by atoms with Crippen LogP contribution in [0.4, 0.5) is 0 Å². The van der Waals surface area contributed by atoms with Crippen molar-refractivity contribution in [2.75, 3.05) is 6.61 Å². The van der Waals surface area contributed by atoms with Crippen LogP contribution >= 0.6 is 15.9 Å². The number of hydrogen-bond acceptors (Lipinski definition) is 3. The second-order valence-electron chi connectivity index (χ2n) is 3.55. The van der Waals surface area contributed by atoms with Crippen LogP contribution in [0.1, 0.15) is 34.8 Å². The number of benzene rings is 1. The maximum atomic E-state index is 11.7. The van der Waals surface area contributed by atoms with E-state index < -0.39 is 0 Å². The molecule has 0 unspecified atom stereocenters. The summed E-state index contributed by atoms with van der Waals surface area (Å²) in [6.07, 6.45) is 2.10. The largest absolute Gasteiger partial charge is 0.462 e. The predicted molar refractivity (Wildman–Crippen MR) is 69.4 cm³/mol. The van der Waals surface area contributed by atoms with E-state index in [9.17, 15) is 9.59 Å². The lowest BCUT2D eigenvalue weighted by atomic mass is 10.0. The van der Waals surface area contributed by atoms with Crippen LogP contribution in [-0.4, -0.2) is 18.9 Å². The molecule has 1 aromatic rings. The number of carbonyl (C=O) groups excluding carboxylic acids is 2. The maximum Gasteiger partial charge on any atom is 0.338 e. The Balaban J connectivity index is 2.92. The zero-order valence-electron chi connectivity index (χ0n) is 9.74. The molecule has 0 fully saturated rings. The van der Waals surface area contributed by atoms with Gasteiger partial charge in [-0.05, 0) is 30.5 Å². The second-order valence-corrected chi connectivity index (χ2v) is 4.11. The number of carbonyl (C=O) groups is 2. The first-order valence-corrected chi connectivity index (χ1v) is 6.63. The minimum absolute atomic E-state index is 0.302. The van der Waals surface area contributed by atoms with Crippen LogP contribution in [-0.2, 0) is 21.3 Å². The minimum Gasteiger partial charge on any atom is -0.462 e. The molecule has 17 heavy (non-hydrogen) atoms. The van der Waals surface area contributed by atoms with Gasteiger partial charge in [0, 0.05) is 11.8 Å². The zero-order chi connectivity index (χ0) is 12.7. The van der Waals surface area contributed by atoms with Crippen molar-refractivity contribution in [3.63, 3.8) is 0 Å². The minimum atomic E-state index is -0.302. The molecule has 0 aliphatic rings. The van der Waals surface area contributed by atoms with Gasteiger partial charge < -0.3 is 9.53 Å². The van der Waals surface area contributed by atoms with Gasteiger partial charge in [-0.1, -0.05) is 28.1 Å². The van der Waals surface area contributed by atoms with E-state index in [2.05, 4.69) is 15.9 Å². The van der Waals surface area contributed by atoms with Gasteiger partial charge in [0.1, 0.15) is 6.29 Å². The Morgan fingerprint density at radius 1 is 1.47 bits per heavy atom. The lowest BCUT2D eigenvalue weighted by molar-refractivity contribution is -0.107. The van der Waals surface area contributed by atoms with Crippen molar-refractivity contribution in [2.45, 2.75) is 25.1 Å².